The van der Waals surface area contributed by atoms with Crippen LogP contribution < -0.4 is 5.73 Å². The van der Waals surface area contributed by atoms with Crippen molar-refractivity contribution in [1.82, 2.24) is 5.06 Å². The molecule has 2 aromatic heterocycles. The normalized spacial score (nSPS) is 19.5. The summed E-state index contributed by atoms with van der Waals surface area (Å²) in [6.45, 7) is 2.49. The zero-order chi connectivity index (χ0) is 13.4. The standard InChI is InChI=1S/C13H13BrN2O2S/c1-8-2-3-9(17-8)7-16-10(6-13(15)18-16)11-4-5-12(14)19-11/h2-6,10H,7,15H2,1H3. The first-order chi connectivity index (χ1) is 9.11. The van der Waals surface area contributed by atoms with Crippen molar-refractivity contribution >= 4 is 27.3 Å². The van der Waals surface area contributed by atoms with E-state index in [1.807, 2.05) is 36.3 Å². The summed E-state index contributed by atoms with van der Waals surface area (Å²) in [5.74, 6) is 2.18. The van der Waals surface area contributed by atoms with Crippen LogP contribution in [0, 0.1) is 6.92 Å². The molecule has 0 bridgehead atoms. The van der Waals surface area contributed by atoms with E-state index >= 15 is 0 Å². The number of hydrogen-bond donors (Lipinski definition) is 1. The van der Waals surface area contributed by atoms with Gasteiger partial charge in [-0.25, -0.2) is 0 Å². The smallest absolute Gasteiger partial charge is 0.207 e. The van der Waals surface area contributed by atoms with Crippen molar-refractivity contribution in [1.29, 1.82) is 0 Å². The van der Waals surface area contributed by atoms with Crippen LogP contribution in [0.5, 0.6) is 0 Å². The van der Waals surface area contributed by atoms with Crippen LogP contribution in [0.4, 0.5) is 0 Å². The fourth-order valence-corrected chi connectivity index (χ4v) is 3.52. The van der Waals surface area contributed by atoms with Gasteiger partial charge >= 0.3 is 0 Å². The maximum absolute atomic E-state index is 5.78. The van der Waals surface area contributed by atoms with Gasteiger partial charge in [-0.15, -0.1) is 16.4 Å². The van der Waals surface area contributed by atoms with Gasteiger partial charge in [-0.05, 0) is 47.1 Å². The molecular weight excluding hydrogens is 328 g/mol. The van der Waals surface area contributed by atoms with E-state index in [2.05, 4.69) is 22.0 Å². The summed E-state index contributed by atoms with van der Waals surface area (Å²) in [6.07, 6.45) is 1.91. The van der Waals surface area contributed by atoms with Gasteiger partial charge in [-0.2, -0.15) is 0 Å². The van der Waals surface area contributed by atoms with Crippen LogP contribution in [-0.2, 0) is 11.4 Å². The van der Waals surface area contributed by atoms with Crippen molar-refractivity contribution in [3.8, 4) is 0 Å². The molecule has 3 heterocycles. The Morgan fingerprint density at radius 1 is 1.37 bits per heavy atom. The van der Waals surface area contributed by atoms with Crippen LogP contribution in [0.3, 0.4) is 0 Å². The van der Waals surface area contributed by atoms with Crippen LogP contribution in [0.1, 0.15) is 22.4 Å². The predicted molar refractivity (Wildman–Crippen MR) is 77.1 cm³/mol. The summed E-state index contributed by atoms with van der Waals surface area (Å²) in [6, 6.07) is 8.02. The van der Waals surface area contributed by atoms with E-state index < -0.39 is 0 Å². The number of hydrogen-bond acceptors (Lipinski definition) is 5. The molecular formula is C13H13BrN2O2S. The van der Waals surface area contributed by atoms with Gasteiger partial charge in [0, 0.05) is 11.0 Å². The molecule has 0 fully saturated rings. The summed E-state index contributed by atoms with van der Waals surface area (Å²) in [5, 5.41) is 1.83. The Morgan fingerprint density at radius 3 is 2.84 bits per heavy atom. The first kappa shape index (κ1) is 12.8. The van der Waals surface area contributed by atoms with E-state index in [1.54, 1.807) is 11.3 Å². The van der Waals surface area contributed by atoms with Gasteiger partial charge in [0.1, 0.15) is 17.6 Å². The molecule has 0 amide bonds. The Morgan fingerprint density at radius 2 is 2.21 bits per heavy atom. The van der Waals surface area contributed by atoms with Gasteiger partial charge in [0.25, 0.3) is 0 Å². The zero-order valence-electron chi connectivity index (χ0n) is 10.3. The van der Waals surface area contributed by atoms with Crippen LogP contribution in [0.2, 0.25) is 0 Å². The molecule has 0 aliphatic carbocycles. The highest BCUT2D eigenvalue weighted by molar-refractivity contribution is 9.11. The molecule has 0 saturated carbocycles. The summed E-state index contributed by atoms with van der Waals surface area (Å²) < 4.78 is 6.67. The van der Waals surface area contributed by atoms with Gasteiger partial charge in [0.2, 0.25) is 5.88 Å². The Labute approximate surface area is 123 Å². The second kappa shape index (κ2) is 5.03. The van der Waals surface area contributed by atoms with Crippen molar-refractivity contribution in [2.24, 2.45) is 5.73 Å². The Balaban J connectivity index is 1.81. The molecule has 19 heavy (non-hydrogen) atoms. The summed E-state index contributed by atoms with van der Waals surface area (Å²) in [5.41, 5.74) is 5.78. The van der Waals surface area contributed by atoms with Crippen LogP contribution in [0.15, 0.2) is 44.4 Å². The molecule has 0 aromatic carbocycles. The van der Waals surface area contributed by atoms with E-state index in [0.29, 0.717) is 12.4 Å². The lowest BCUT2D eigenvalue weighted by molar-refractivity contribution is -0.130. The number of furan rings is 1. The molecule has 6 heteroatoms. The van der Waals surface area contributed by atoms with Gasteiger partial charge in [-0.3, -0.25) is 0 Å². The number of halogens is 1. The average Bonchev–Trinajstić information content (AvgIpc) is 3.02. The second-order valence-electron chi connectivity index (χ2n) is 4.33. The van der Waals surface area contributed by atoms with Gasteiger partial charge in [-0.1, -0.05) is 0 Å². The highest BCUT2D eigenvalue weighted by atomic mass is 79.9. The second-order valence-corrected chi connectivity index (χ2v) is 6.83. The molecule has 1 unspecified atom stereocenters. The van der Waals surface area contributed by atoms with Crippen LogP contribution >= 0.6 is 27.3 Å². The molecule has 1 aliphatic heterocycles. The van der Waals surface area contributed by atoms with E-state index in [-0.39, 0.29) is 6.04 Å². The zero-order valence-corrected chi connectivity index (χ0v) is 12.7. The predicted octanol–water partition coefficient (Wildman–Crippen LogP) is 3.70. The fourth-order valence-electron chi connectivity index (χ4n) is 2.03. The first-order valence-corrected chi connectivity index (χ1v) is 7.45. The van der Waals surface area contributed by atoms with Crippen molar-refractivity contribution in [2.75, 3.05) is 0 Å². The third-order valence-corrected chi connectivity index (χ3v) is 4.54. The molecule has 0 spiro atoms. The molecule has 4 nitrogen and oxygen atoms in total. The largest absolute Gasteiger partial charge is 0.465 e. The number of rotatable bonds is 3. The Hall–Kier alpha value is -1.24. The molecule has 2 N–H and O–H groups in total. The highest BCUT2D eigenvalue weighted by Crippen LogP contribution is 2.36. The third kappa shape index (κ3) is 2.70. The van der Waals surface area contributed by atoms with Crippen molar-refractivity contribution in [3.05, 3.63) is 56.4 Å². The molecule has 0 saturated heterocycles. The van der Waals surface area contributed by atoms with Crippen molar-refractivity contribution < 1.29 is 9.25 Å². The average molecular weight is 341 g/mol. The minimum Gasteiger partial charge on any atom is -0.465 e. The van der Waals surface area contributed by atoms with Crippen LogP contribution in [-0.4, -0.2) is 5.06 Å². The van der Waals surface area contributed by atoms with Crippen molar-refractivity contribution in [2.45, 2.75) is 19.5 Å². The molecule has 0 radical (unpaired) electrons. The maximum atomic E-state index is 5.78. The molecule has 1 atom stereocenters. The monoisotopic (exact) mass is 340 g/mol. The lowest BCUT2D eigenvalue weighted by atomic mass is 10.2. The van der Waals surface area contributed by atoms with Crippen LogP contribution in [0.25, 0.3) is 0 Å². The van der Waals surface area contributed by atoms with Gasteiger partial charge in [0.05, 0.1) is 10.3 Å². The van der Waals surface area contributed by atoms with E-state index in [1.165, 1.54) is 4.88 Å². The number of nitrogens with zero attached hydrogens (tertiary/aromatic N) is 1. The molecule has 100 valence electrons. The molecule has 3 rings (SSSR count). The van der Waals surface area contributed by atoms with E-state index in [0.717, 1.165) is 15.3 Å². The summed E-state index contributed by atoms with van der Waals surface area (Å²) in [4.78, 5) is 6.73. The Bertz CT molecular complexity index is 620. The van der Waals surface area contributed by atoms with E-state index in [4.69, 9.17) is 15.0 Å². The number of aryl methyl sites for hydroxylation is 1. The highest BCUT2D eigenvalue weighted by Gasteiger charge is 2.29. The maximum Gasteiger partial charge on any atom is 0.207 e. The Kier molecular flexibility index (Phi) is 3.38. The minimum atomic E-state index is 0.0294. The third-order valence-electron chi connectivity index (χ3n) is 2.85. The number of hydroxylamine groups is 2. The van der Waals surface area contributed by atoms with E-state index in [9.17, 15) is 0 Å². The van der Waals surface area contributed by atoms with Crippen molar-refractivity contribution in [3.63, 3.8) is 0 Å². The topological polar surface area (TPSA) is 51.6 Å². The minimum absolute atomic E-state index is 0.0294. The summed E-state index contributed by atoms with van der Waals surface area (Å²) in [7, 11) is 0. The number of nitrogens with two attached hydrogens (primary N) is 1. The molecule has 2 aromatic rings. The first-order valence-electron chi connectivity index (χ1n) is 5.84. The quantitative estimate of drug-likeness (QED) is 0.925. The molecule has 1 aliphatic rings. The lowest BCUT2D eigenvalue weighted by Gasteiger charge is -2.20. The summed E-state index contributed by atoms with van der Waals surface area (Å²) >= 11 is 5.14. The number of thiophene rings is 1. The fraction of sp³-hybridized carbons (Fsp3) is 0.231. The SMILES string of the molecule is Cc1ccc(CN2OC(N)=CC2c2ccc(Br)s2)o1. The van der Waals surface area contributed by atoms with Gasteiger partial charge < -0.3 is 15.0 Å². The lowest BCUT2D eigenvalue weighted by Crippen LogP contribution is -2.22. The van der Waals surface area contributed by atoms with Gasteiger partial charge in [0.15, 0.2) is 0 Å².